The number of benzene rings is 1. The molecule has 4 N–H and O–H groups in total. The number of nitrogens with one attached hydrogen (secondary N) is 2. The molecule has 0 aliphatic carbocycles. The summed E-state index contributed by atoms with van der Waals surface area (Å²) in [5.74, 6) is -2.42. The van der Waals surface area contributed by atoms with E-state index in [2.05, 4.69) is 30.5 Å². The van der Waals surface area contributed by atoms with Gasteiger partial charge in [-0.15, -0.1) is 0 Å². The smallest absolute Gasteiger partial charge is 0.417 e. The molecule has 246 valence electrons. The second-order valence-electron chi connectivity index (χ2n) is 11.0. The zero-order valence-corrected chi connectivity index (χ0v) is 25.7. The number of likely N-dealkylation sites (tertiary alicyclic amines) is 1. The lowest BCUT2D eigenvalue weighted by molar-refractivity contribution is -0.214. The van der Waals surface area contributed by atoms with E-state index in [0.717, 1.165) is 32.7 Å². The number of morpholine rings is 1. The Morgan fingerprint density at radius 3 is 2.56 bits per heavy atom. The normalized spacial score (nSPS) is 21.6. The van der Waals surface area contributed by atoms with Crippen LogP contribution in [0.4, 0.5) is 33.5 Å². The molecule has 0 bridgehead atoms. The van der Waals surface area contributed by atoms with Crippen LogP contribution in [0.3, 0.4) is 0 Å². The number of nitrogens with two attached hydrogens (primary N) is 1. The molecule has 3 aliphatic heterocycles. The summed E-state index contributed by atoms with van der Waals surface area (Å²) in [4.78, 5) is 15.2. The molecule has 1 aromatic carbocycles. The quantitative estimate of drug-likeness (QED) is 0.195. The predicted octanol–water partition coefficient (Wildman–Crippen LogP) is 4.93. The molecule has 0 spiro atoms. The molecule has 2 aromatic heterocycles. The number of nitrogen functional groups attached to an aromatic ring is 1. The van der Waals surface area contributed by atoms with Crippen LogP contribution in [0.1, 0.15) is 44.7 Å². The largest absolute Gasteiger partial charge is 0.474 e. The van der Waals surface area contributed by atoms with E-state index in [1.54, 1.807) is 6.92 Å². The topological polar surface area (TPSA) is 120 Å². The van der Waals surface area contributed by atoms with Gasteiger partial charge in [-0.2, -0.15) is 23.1 Å². The Morgan fingerprint density at radius 1 is 1.11 bits per heavy atom. The molecule has 3 atom stereocenters. The number of aromatic nitrogens is 3. The molecule has 5 heterocycles. The maximum absolute atomic E-state index is 16.4. The summed E-state index contributed by atoms with van der Waals surface area (Å²) in [7, 11) is 0. The Hall–Kier alpha value is -3.56. The van der Waals surface area contributed by atoms with Gasteiger partial charge >= 0.3 is 12.2 Å². The summed E-state index contributed by atoms with van der Waals surface area (Å²) in [6.45, 7) is 10.8. The molecule has 2 fully saturated rings. The van der Waals surface area contributed by atoms with Gasteiger partial charge in [0, 0.05) is 31.7 Å². The predicted molar refractivity (Wildman–Crippen MR) is 159 cm³/mol. The highest BCUT2D eigenvalue weighted by Crippen LogP contribution is 2.44. The van der Waals surface area contributed by atoms with Crippen LogP contribution in [0.15, 0.2) is 6.07 Å². The van der Waals surface area contributed by atoms with E-state index in [-0.39, 0.29) is 35.2 Å². The summed E-state index contributed by atoms with van der Waals surface area (Å²) in [5, 5.41) is 6.43. The molecule has 3 aliphatic rings. The summed E-state index contributed by atoms with van der Waals surface area (Å²) in [6, 6.07) is 1.02. The number of hydrogen-bond acceptors (Lipinski definition) is 10. The van der Waals surface area contributed by atoms with Crippen LogP contribution in [0, 0.1) is 18.6 Å². The number of pyridine rings is 1. The maximum atomic E-state index is 16.4. The summed E-state index contributed by atoms with van der Waals surface area (Å²) in [5.41, 5.74) is 1.17. The van der Waals surface area contributed by atoms with E-state index >= 15 is 4.39 Å². The van der Waals surface area contributed by atoms with Crippen molar-refractivity contribution in [1.82, 2.24) is 25.2 Å². The van der Waals surface area contributed by atoms with Gasteiger partial charge in [-0.3, -0.25) is 4.90 Å². The van der Waals surface area contributed by atoms with Crippen molar-refractivity contribution >= 4 is 22.4 Å². The number of anilines is 2. The molecule has 10 nitrogen and oxygen atoms in total. The molecule has 0 saturated carbocycles. The maximum Gasteiger partial charge on any atom is 0.417 e. The lowest BCUT2D eigenvalue weighted by Gasteiger charge is -2.55. The number of fused-ring (bicyclic) bond motifs is 1. The average molecular weight is 640 g/mol. The zero-order chi connectivity index (χ0) is 32.5. The van der Waals surface area contributed by atoms with Crippen LogP contribution >= 0.6 is 0 Å². The number of alkyl halides is 3. The highest BCUT2D eigenvalue weighted by atomic mass is 19.4. The van der Waals surface area contributed by atoms with Crippen molar-refractivity contribution in [1.29, 1.82) is 0 Å². The second-order valence-corrected chi connectivity index (χ2v) is 11.0. The van der Waals surface area contributed by atoms with Crippen LogP contribution in [0.5, 0.6) is 11.9 Å². The van der Waals surface area contributed by atoms with Crippen molar-refractivity contribution in [3.8, 4) is 23.1 Å². The lowest BCUT2D eigenvalue weighted by atomic mass is 9.95. The summed E-state index contributed by atoms with van der Waals surface area (Å²) < 4.78 is 91.0. The Balaban J connectivity index is 0.00000196. The number of rotatable bonds is 6. The molecule has 45 heavy (non-hydrogen) atoms. The van der Waals surface area contributed by atoms with Crippen LogP contribution in [-0.4, -0.2) is 84.0 Å². The summed E-state index contributed by atoms with van der Waals surface area (Å²) >= 11 is 0. The fraction of sp³-hybridized carbons (Fsp3) is 0.567. The second kappa shape index (κ2) is 13.4. The van der Waals surface area contributed by atoms with Crippen LogP contribution in [0.2, 0.25) is 0 Å². The number of nitrogens with zero attached hydrogens (tertiary/aromatic N) is 4. The van der Waals surface area contributed by atoms with Crippen molar-refractivity contribution in [3.05, 3.63) is 28.8 Å². The molecule has 3 aromatic rings. The van der Waals surface area contributed by atoms with Crippen LogP contribution < -0.4 is 25.8 Å². The Bertz CT molecular complexity index is 1540. The van der Waals surface area contributed by atoms with Crippen LogP contribution in [-0.2, 0) is 10.9 Å². The standard InChI is InChI=1S/C28H32F5N7O3.C2H6/c1-13-4-5-35-6-7-36-25-19-24(38-27(39-25)41-9-3-8-40-11-18-17(40)12-42-18)22(30)23(37-26(19)43-13)15-10-16(34)21(29)14(2)20(15)28(31,32)33;1-2/h10,13,17-18,35H,3-9,11-12,34H2,1-2H3,(H,36,38,39);1-2H3. The van der Waals surface area contributed by atoms with Gasteiger partial charge in [-0.1, -0.05) is 13.8 Å². The molecular weight excluding hydrogens is 601 g/mol. The first-order chi connectivity index (χ1) is 21.5. The first-order valence-electron chi connectivity index (χ1n) is 15.2. The van der Waals surface area contributed by atoms with Gasteiger partial charge < -0.3 is 30.6 Å². The van der Waals surface area contributed by atoms with E-state index in [1.165, 1.54) is 0 Å². The minimum Gasteiger partial charge on any atom is -0.474 e. The Kier molecular flexibility index (Phi) is 9.80. The Labute approximate surface area is 257 Å². The van der Waals surface area contributed by atoms with Crippen molar-refractivity contribution < 1.29 is 36.2 Å². The molecule has 0 radical (unpaired) electrons. The van der Waals surface area contributed by atoms with Crippen LogP contribution in [0.25, 0.3) is 22.2 Å². The van der Waals surface area contributed by atoms with E-state index in [1.807, 2.05) is 13.8 Å². The van der Waals surface area contributed by atoms with Crippen molar-refractivity contribution in [3.63, 3.8) is 0 Å². The van der Waals surface area contributed by atoms with E-state index in [9.17, 15) is 17.6 Å². The fourth-order valence-corrected chi connectivity index (χ4v) is 5.65. The van der Waals surface area contributed by atoms with Crippen molar-refractivity contribution in [2.24, 2.45) is 0 Å². The third-order valence-corrected chi connectivity index (χ3v) is 8.05. The number of halogens is 5. The minimum atomic E-state index is -5.04. The fourth-order valence-electron chi connectivity index (χ4n) is 5.65. The van der Waals surface area contributed by atoms with Gasteiger partial charge in [0.05, 0.1) is 42.7 Å². The van der Waals surface area contributed by atoms with Crippen molar-refractivity contribution in [2.75, 3.05) is 57.0 Å². The highest BCUT2D eigenvalue weighted by molar-refractivity contribution is 5.96. The van der Waals surface area contributed by atoms with Gasteiger partial charge in [0.15, 0.2) is 5.82 Å². The minimum absolute atomic E-state index is 0.0549. The monoisotopic (exact) mass is 639 g/mol. The Morgan fingerprint density at radius 2 is 1.89 bits per heavy atom. The average Bonchev–Trinajstić information content (AvgIpc) is 3.02. The molecule has 2 saturated heterocycles. The van der Waals surface area contributed by atoms with Gasteiger partial charge in [0.25, 0.3) is 0 Å². The van der Waals surface area contributed by atoms with Gasteiger partial charge in [-0.25, -0.2) is 13.8 Å². The molecule has 6 rings (SSSR count). The van der Waals surface area contributed by atoms with E-state index in [0.29, 0.717) is 44.6 Å². The molecule has 15 heteroatoms. The van der Waals surface area contributed by atoms with Gasteiger partial charge in [0.2, 0.25) is 5.88 Å². The molecule has 3 unspecified atom stereocenters. The van der Waals surface area contributed by atoms with E-state index in [4.69, 9.17) is 19.9 Å². The lowest BCUT2D eigenvalue weighted by Crippen LogP contribution is -2.70. The third-order valence-electron chi connectivity index (χ3n) is 8.05. The van der Waals surface area contributed by atoms with Crippen molar-refractivity contribution in [2.45, 2.75) is 65.0 Å². The zero-order valence-electron chi connectivity index (χ0n) is 25.7. The van der Waals surface area contributed by atoms with Gasteiger partial charge in [-0.05, 0) is 44.9 Å². The summed E-state index contributed by atoms with van der Waals surface area (Å²) in [6.07, 6.45) is -3.99. The number of hydrogen-bond donors (Lipinski definition) is 3. The third kappa shape index (κ3) is 6.56. The van der Waals surface area contributed by atoms with Gasteiger partial charge in [0.1, 0.15) is 28.2 Å². The highest BCUT2D eigenvalue weighted by Gasteiger charge is 2.46. The molecular formula is C30H38F5N7O3. The molecule has 0 amide bonds. The van der Waals surface area contributed by atoms with E-state index < -0.39 is 52.0 Å². The SMILES string of the molecule is CC.Cc1c(F)c(N)cc(-c2nc3c4c(nc(OCCCN5CC6OCC65)nc4c2F)NCCNCCC(C)O3)c1C(F)(F)F. The number of ether oxygens (including phenoxy) is 3. The first-order valence-corrected chi connectivity index (χ1v) is 15.2. The first kappa shape index (κ1) is 32.8.